The van der Waals surface area contributed by atoms with Gasteiger partial charge in [-0.3, -0.25) is 0 Å². The molecule has 4 heteroatoms. The summed E-state index contributed by atoms with van der Waals surface area (Å²) in [5, 5.41) is 7.23. The zero-order valence-electron chi connectivity index (χ0n) is 23.0. The summed E-state index contributed by atoms with van der Waals surface area (Å²) in [6.45, 7) is 0. The van der Waals surface area contributed by atoms with Crippen molar-refractivity contribution in [2.45, 2.75) is 4.90 Å². The van der Waals surface area contributed by atoms with Crippen molar-refractivity contribution in [1.82, 2.24) is 9.13 Å². The number of aromatic nitrogens is 2. The lowest BCUT2D eigenvalue weighted by molar-refractivity contribution is 0.658. The molecule has 0 aliphatic rings. The fourth-order valence-electron chi connectivity index (χ4n) is 6.78. The Morgan fingerprint density at radius 2 is 1.07 bits per heavy atom. The van der Waals surface area contributed by atoms with E-state index in [1.807, 2.05) is 0 Å². The molecule has 1 unspecified atom stereocenters. The Hall–Kier alpha value is -5.06. The van der Waals surface area contributed by atoms with Gasteiger partial charge in [-0.2, -0.15) is 10.5 Å². The largest absolute Gasteiger partial charge is 0.453 e. The van der Waals surface area contributed by atoms with Crippen molar-refractivity contribution in [3.05, 3.63) is 127 Å². The van der Waals surface area contributed by atoms with Gasteiger partial charge in [0.15, 0.2) is 5.58 Å². The van der Waals surface area contributed by atoms with Gasteiger partial charge in [0, 0.05) is 42.9 Å². The van der Waals surface area contributed by atoms with E-state index in [0.29, 0.717) is 0 Å². The van der Waals surface area contributed by atoms with Crippen LogP contribution in [-0.4, -0.2) is 21.3 Å². The molecular formula is C38H26N2OS. The molecule has 1 atom stereocenters. The first-order chi connectivity index (χ1) is 20.7. The molecule has 0 saturated carbocycles. The molecule has 3 aromatic heterocycles. The molecule has 0 N–H and O–H groups in total. The topological polar surface area (TPSA) is 23.0 Å². The van der Waals surface area contributed by atoms with Crippen molar-refractivity contribution < 1.29 is 4.42 Å². The van der Waals surface area contributed by atoms with Crippen LogP contribution in [0.3, 0.4) is 0 Å². The summed E-state index contributed by atoms with van der Waals surface area (Å²) in [7, 11) is -0.166. The predicted molar refractivity (Wildman–Crippen MR) is 181 cm³/mol. The molecule has 200 valence electrons. The molecule has 9 aromatic rings. The van der Waals surface area contributed by atoms with Crippen molar-refractivity contribution in [1.29, 1.82) is 0 Å². The third-order valence-corrected chi connectivity index (χ3v) is 9.64. The lowest BCUT2D eigenvalue weighted by Gasteiger charge is -2.10. The first-order valence-electron chi connectivity index (χ1n) is 14.1. The second-order valence-electron chi connectivity index (χ2n) is 11.0. The van der Waals surface area contributed by atoms with Crippen LogP contribution in [0.25, 0.3) is 76.9 Å². The van der Waals surface area contributed by atoms with E-state index < -0.39 is 0 Å². The molecule has 0 amide bonds. The van der Waals surface area contributed by atoms with E-state index in [2.05, 4.69) is 149 Å². The van der Waals surface area contributed by atoms with E-state index in [9.17, 15) is 0 Å². The van der Waals surface area contributed by atoms with Crippen molar-refractivity contribution >= 4 is 81.9 Å². The van der Waals surface area contributed by atoms with Gasteiger partial charge in [0.05, 0.1) is 27.8 Å². The Morgan fingerprint density at radius 3 is 1.79 bits per heavy atom. The molecule has 0 spiro atoms. The maximum absolute atomic E-state index is 6.77. The van der Waals surface area contributed by atoms with Gasteiger partial charge in [-0.15, -0.1) is 0 Å². The fraction of sp³-hybridized carbons (Fsp3) is 0.0263. The molecule has 0 fully saturated rings. The molecule has 0 saturated heterocycles. The number of rotatable bonds is 3. The number of hydrogen-bond acceptors (Lipinski definition) is 1. The van der Waals surface area contributed by atoms with E-state index in [-0.39, 0.29) is 10.5 Å². The number of para-hydroxylation sites is 5. The third-order valence-electron chi connectivity index (χ3n) is 8.56. The summed E-state index contributed by atoms with van der Waals surface area (Å²) < 4.78 is 11.5. The van der Waals surface area contributed by atoms with Crippen molar-refractivity contribution in [3.8, 4) is 11.4 Å². The van der Waals surface area contributed by atoms with Gasteiger partial charge in [-0.25, -0.2) is 0 Å². The van der Waals surface area contributed by atoms with Gasteiger partial charge in [-0.1, -0.05) is 84.7 Å². The van der Waals surface area contributed by atoms with E-state index in [0.717, 1.165) is 49.2 Å². The van der Waals surface area contributed by atoms with Crippen LogP contribution in [-0.2, 0) is 0 Å². The molecule has 0 aliphatic heterocycles. The lowest BCUT2D eigenvalue weighted by atomic mass is 10.1. The number of hydrogen-bond donors (Lipinski definition) is 0. The Kier molecular flexibility index (Phi) is 4.90. The minimum atomic E-state index is -0.166. The summed E-state index contributed by atoms with van der Waals surface area (Å²) in [4.78, 5) is 1.16. The van der Waals surface area contributed by atoms with Crippen LogP contribution in [0.1, 0.15) is 0 Å². The SMILES string of the molecule is C=S(C)c1cccc2c1oc1c(-n3c4ccccc4c4cc5c6ccccc6n(-c6ccccc6)c5cc43)cccc12. The highest BCUT2D eigenvalue weighted by Crippen LogP contribution is 2.43. The standard InChI is InChI=1S/C38H26N2OS/c1-42(2)36-21-11-17-28-27-16-10-20-33(37(27)41-38(28)36)40-32-19-9-7-15-26(32)30-22-29-25-14-6-8-18-31(25)39(34(29)23-35(30)40)24-12-4-3-5-13-24/h3-23H,1H2,2H3. The highest BCUT2D eigenvalue weighted by Gasteiger charge is 2.21. The van der Waals surface area contributed by atoms with E-state index >= 15 is 0 Å². The lowest BCUT2D eigenvalue weighted by Crippen LogP contribution is -1.96. The fourth-order valence-corrected chi connectivity index (χ4v) is 7.55. The summed E-state index contributed by atoms with van der Waals surface area (Å²) >= 11 is 0. The highest BCUT2D eigenvalue weighted by atomic mass is 32.2. The predicted octanol–water partition coefficient (Wildman–Crippen LogP) is 10.5. The maximum Gasteiger partial charge on any atom is 0.159 e. The smallest absolute Gasteiger partial charge is 0.159 e. The first kappa shape index (κ1) is 23.6. The second kappa shape index (κ2) is 8.72. The zero-order chi connectivity index (χ0) is 27.9. The number of furan rings is 1. The van der Waals surface area contributed by atoms with Crippen LogP contribution in [0.4, 0.5) is 0 Å². The van der Waals surface area contributed by atoms with E-state index in [4.69, 9.17) is 4.42 Å². The maximum atomic E-state index is 6.77. The van der Waals surface area contributed by atoms with Crippen LogP contribution in [0.15, 0.2) is 137 Å². The molecule has 42 heavy (non-hydrogen) atoms. The zero-order valence-corrected chi connectivity index (χ0v) is 23.9. The molecule has 3 nitrogen and oxygen atoms in total. The Labute approximate surface area is 244 Å². The van der Waals surface area contributed by atoms with Crippen molar-refractivity contribution in [2.75, 3.05) is 6.26 Å². The van der Waals surface area contributed by atoms with Crippen LogP contribution in [0, 0.1) is 0 Å². The summed E-state index contributed by atoms with van der Waals surface area (Å²) in [6, 6.07) is 45.7. The first-order valence-corrected chi connectivity index (χ1v) is 15.9. The van der Waals surface area contributed by atoms with Gasteiger partial charge >= 0.3 is 0 Å². The molecule has 0 radical (unpaired) electrons. The summed E-state index contributed by atoms with van der Waals surface area (Å²) in [5.41, 5.74) is 8.75. The van der Waals surface area contributed by atoms with E-state index in [1.54, 1.807) is 0 Å². The van der Waals surface area contributed by atoms with Gasteiger partial charge in [-0.05, 0) is 54.8 Å². The quantitative estimate of drug-likeness (QED) is 0.198. The van der Waals surface area contributed by atoms with Gasteiger partial charge in [0.25, 0.3) is 0 Å². The summed E-state index contributed by atoms with van der Waals surface area (Å²) in [6.07, 6.45) is 2.15. The molecule has 3 heterocycles. The average Bonchev–Trinajstić information content (AvgIpc) is 3.68. The number of fused-ring (bicyclic) bond motifs is 9. The number of benzene rings is 6. The van der Waals surface area contributed by atoms with Crippen LogP contribution in [0.5, 0.6) is 0 Å². The normalized spacial score (nSPS) is 12.9. The molecular weight excluding hydrogens is 532 g/mol. The second-order valence-corrected chi connectivity index (χ2v) is 12.7. The number of nitrogens with zero attached hydrogens (tertiary/aromatic N) is 2. The van der Waals surface area contributed by atoms with Crippen molar-refractivity contribution in [2.24, 2.45) is 0 Å². The molecule has 0 bridgehead atoms. The highest BCUT2D eigenvalue weighted by molar-refractivity contribution is 8.13. The Bertz CT molecular complexity index is 2550. The van der Waals surface area contributed by atoms with Gasteiger partial charge in [0.2, 0.25) is 0 Å². The minimum absolute atomic E-state index is 0.166. The average molecular weight is 559 g/mol. The van der Waals surface area contributed by atoms with Crippen LogP contribution < -0.4 is 0 Å². The Morgan fingerprint density at radius 1 is 0.500 bits per heavy atom. The molecule has 6 aromatic carbocycles. The Balaban J connectivity index is 1.46. The van der Waals surface area contributed by atoms with Crippen molar-refractivity contribution in [3.63, 3.8) is 0 Å². The summed E-state index contributed by atoms with van der Waals surface area (Å²) in [5.74, 6) is 4.32. The minimum Gasteiger partial charge on any atom is -0.453 e. The van der Waals surface area contributed by atoms with Gasteiger partial charge in [0.1, 0.15) is 5.58 Å². The monoisotopic (exact) mass is 558 g/mol. The third kappa shape index (κ3) is 3.16. The van der Waals surface area contributed by atoms with E-state index in [1.165, 1.54) is 32.6 Å². The molecule has 0 aliphatic carbocycles. The van der Waals surface area contributed by atoms with Gasteiger partial charge < -0.3 is 13.6 Å². The van der Waals surface area contributed by atoms with Crippen LogP contribution in [0.2, 0.25) is 0 Å². The van der Waals surface area contributed by atoms with Crippen LogP contribution >= 0.6 is 10.5 Å². The molecule has 9 rings (SSSR count).